The van der Waals surface area contributed by atoms with Crippen molar-refractivity contribution < 1.29 is 9.59 Å². The van der Waals surface area contributed by atoms with Crippen LogP contribution < -0.4 is 10.6 Å². The summed E-state index contributed by atoms with van der Waals surface area (Å²) in [5, 5.41) is 6.23. The maximum atomic E-state index is 12.2. The Kier molecular flexibility index (Phi) is 7.20. The third kappa shape index (κ3) is 6.63. The molecule has 0 radical (unpaired) electrons. The molecule has 0 saturated heterocycles. The number of benzene rings is 3. The normalized spacial score (nSPS) is 10.7. The monoisotopic (exact) mass is 404 g/mol. The van der Waals surface area contributed by atoms with Crippen molar-refractivity contribution >= 4 is 40.9 Å². The molecule has 0 saturated carbocycles. The van der Waals surface area contributed by atoms with E-state index in [-0.39, 0.29) is 11.8 Å². The molecule has 0 spiro atoms. The molecular weight excluding hydrogens is 384 g/mol. The lowest BCUT2D eigenvalue weighted by atomic mass is 10.1. The second-order valence-electron chi connectivity index (χ2n) is 6.46. The van der Waals surface area contributed by atoms with Gasteiger partial charge in [0.2, 0.25) is 11.8 Å². The summed E-state index contributed by atoms with van der Waals surface area (Å²) in [5.74, 6) is -0.353. The number of halogens is 1. The lowest BCUT2D eigenvalue weighted by Gasteiger charge is -2.08. The van der Waals surface area contributed by atoms with Crippen LogP contribution in [0.1, 0.15) is 17.5 Å². The average Bonchev–Trinajstić information content (AvgIpc) is 2.73. The molecule has 3 aromatic carbocycles. The van der Waals surface area contributed by atoms with Crippen molar-refractivity contribution in [1.29, 1.82) is 0 Å². The number of amides is 2. The van der Waals surface area contributed by atoms with Crippen molar-refractivity contribution in [2.24, 2.45) is 0 Å². The summed E-state index contributed by atoms with van der Waals surface area (Å²) >= 11 is 6.08. The van der Waals surface area contributed by atoms with E-state index >= 15 is 0 Å². The minimum atomic E-state index is -0.280. The van der Waals surface area contributed by atoms with Gasteiger partial charge in [0.05, 0.1) is 0 Å². The van der Waals surface area contributed by atoms with Gasteiger partial charge in [-0.05, 0) is 47.9 Å². The molecule has 146 valence electrons. The van der Waals surface area contributed by atoms with E-state index in [1.807, 2.05) is 48.5 Å². The van der Waals surface area contributed by atoms with Crippen molar-refractivity contribution in [2.45, 2.75) is 12.8 Å². The summed E-state index contributed by atoms with van der Waals surface area (Å²) in [6.07, 6.45) is 4.15. The molecule has 5 heteroatoms. The van der Waals surface area contributed by atoms with Crippen molar-refractivity contribution in [1.82, 2.24) is 0 Å². The third-order valence-electron chi connectivity index (χ3n) is 4.22. The number of anilines is 2. The molecule has 0 atom stereocenters. The number of carbonyl (C=O) groups is 2. The molecule has 0 aromatic heterocycles. The van der Waals surface area contributed by atoms with Gasteiger partial charge < -0.3 is 10.6 Å². The molecule has 29 heavy (non-hydrogen) atoms. The van der Waals surface area contributed by atoms with Crippen molar-refractivity contribution in [3.63, 3.8) is 0 Å². The molecule has 0 unspecified atom stereocenters. The molecule has 3 aromatic rings. The Balaban J connectivity index is 1.54. The highest BCUT2D eigenvalue weighted by Gasteiger charge is 2.05. The molecule has 2 N–H and O–H groups in total. The van der Waals surface area contributed by atoms with E-state index in [9.17, 15) is 9.59 Å². The van der Waals surface area contributed by atoms with E-state index < -0.39 is 0 Å². The summed E-state index contributed by atoms with van der Waals surface area (Å²) in [6.45, 7) is 0. The smallest absolute Gasteiger partial charge is 0.248 e. The Hall–Kier alpha value is -3.37. The number of hydrogen-bond donors (Lipinski definition) is 2. The van der Waals surface area contributed by atoms with Crippen LogP contribution in [0, 0.1) is 0 Å². The SMILES string of the molecule is O=C(/C=C/c1ccccc1Cl)Nc1cccc(NC(=O)CCc2ccccc2)c1. The lowest BCUT2D eigenvalue weighted by Crippen LogP contribution is -2.13. The first-order valence-corrected chi connectivity index (χ1v) is 9.65. The molecule has 4 nitrogen and oxygen atoms in total. The average molecular weight is 405 g/mol. The second-order valence-corrected chi connectivity index (χ2v) is 6.87. The fourth-order valence-corrected chi connectivity index (χ4v) is 2.96. The number of rotatable bonds is 7. The highest BCUT2D eigenvalue weighted by Crippen LogP contribution is 2.18. The third-order valence-corrected chi connectivity index (χ3v) is 4.56. The van der Waals surface area contributed by atoms with Crippen LogP contribution in [0.4, 0.5) is 11.4 Å². The Bertz CT molecular complexity index is 1020. The minimum absolute atomic E-state index is 0.0732. The predicted molar refractivity (Wildman–Crippen MR) is 119 cm³/mol. The zero-order chi connectivity index (χ0) is 20.5. The van der Waals surface area contributed by atoms with Crippen LogP contribution >= 0.6 is 11.6 Å². The van der Waals surface area contributed by atoms with E-state index in [4.69, 9.17) is 11.6 Å². The standard InChI is InChI=1S/C24H21ClN2O2/c25-22-12-5-4-9-19(22)14-16-24(29)27-21-11-6-10-20(17-21)26-23(28)15-13-18-7-2-1-3-8-18/h1-12,14,16-17H,13,15H2,(H,26,28)(H,27,29)/b16-14+. The van der Waals surface area contributed by atoms with Crippen LogP contribution in [0.25, 0.3) is 6.08 Å². The molecular formula is C24H21ClN2O2. The first-order chi connectivity index (χ1) is 14.1. The largest absolute Gasteiger partial charge is 0.326 e. The molecule has 0 aliphatic carbocycles. The number of carbonyl (C=O) groups excluding carboxylic acids is 2. The van der Waals surface area contributed by atoms with Gasteiger partial charge in [0, 0.05) is 28.9 Å². The number of hydrogen-bond acceptors (Lipinski definition) is 2. The highest BCUT2D eigenvalue weighted by molar-refractivity contribution is 6.32. The van der Waals surface area contributed by atoms with Gasteiger partial charge in [0.1, 0.15) is 0 Å². The minimum Gasteiger partial charge on any atom is -0.326 e. The van der Waals surface area contributed by atoms with Crippen LogP contribution in [0.3, 0.4) is 0 Å². The maximum absolute atomic E-state index is 12.2. The van der Waals surface area contributed by atoms with Crippen LogP contribution in [-0.4, -0.2) is 11.8 Å². The summed E-state index contributed by atoms with van der Waals surface area (Å²) in [4.78, 5) is 24.4. The van der Waals surface area contributed by atoms with E-state index in [0.717, 1.165) is 11.1 Å². The van der Waals surface area contributed by atoms with Gasteiger partial charge >= 0.3 is 0 Å². The Labute approximate surface area is 175 Å². The molecule has 0 bridgehead atoms. The second kappa shape index (κ2) is 10.2. The van der Waals surface area contributed by atoms with Gasteiger partial charge in [0.15, 0.2) is 0 Å². The van der Waals surface area contributed by atoms with Gasteiger partial charge in [-0.15, -0.1) is 0 Å². The number of nitrogens with one attached hydrogen (secondary N) is 2. The van der Waals surface area contributed by atoms with Crippen LogP contribution in [0.2, 0.25) is 5.02 Å². The van der Waals surface area contributed by atoms with Crippen molar-refractivity contribution in [3.8, 4) is 0 Å². The maximum Gasteiger partial charge on any atom is 0.248 e. The Morgan fingerprint density at radius 2 is 1.52 bits per heavy atom. The number of aryl methyl sites for hydroxylation is 1. The molecule has 2 amide bonds. The highest BCUT2D eigenvalue weighted by atomic mass is 35.5. The van der Waals surface area contributed by atoms with E-state index in [1.165, 1.54) is 6.08 Å². The van der Waals surface area contributed by atoms with E-state index in [2.05, 4.69) is 10.6 Å². The Morgan fingerprint density at radius 1 is 0.828 bits per heavy atom. The molecule has 0 heterocycles. The first-order valence-electron chi connectivity index (χ1n) is 9.27. The fourth-order valence-electron chi connectivity index (χ4n) is 2.76. The Morgan fingerprint density at radius 3 is 2.28 bits per heavy atom. The summed E-state index contributed by atoms with van der Waals surface area (Å²) in [7, 11) is 0. The van der Waals surface area contributed by atoms with Crippen LogP contribution in [0.15, 0.2) is 84.9 Å². The van der Waals surface area contributed by atoms with Gasteiger partial charge in [-0.2, -0.15) is 0 Å². The van der Waals surface area contributed by atoms with E-state index in [1.54, 1.807) is 36.4 Å². The quantitative estimate of drug-likeness (QED) is 0.506. The molecule has 3 rings (SSSR count). The van der Waals surface area contributed by atoms with Crippen molar-refractivity contribution in [3.05, 3.63) is 101 Å². The van der Waals surface area contributed by atoms with Crippen molar-refractivity contribution in [2.75, 3.05) is 10.6 Å². The fraction of sp³-hybridized carbons (Fsp3) is 0.0833. The molecule has 0 fully saturated rings. The molecule has 0 aliphatic rings. The predicted octanol–water partition coefficient (Wildman–Crippen LogP) is 5.56. The summed E-state index contributed by atoms with van der Waals surface area (Å²) in [5.41, 5.74) is 3.12. The topological polar surface area (TPSA) is 58.2 Å². The van der Waals surface area contributed by atoms with E-state index in [0.29, 0.717) is 29.2 Å². The van der Waals surface area contributed by atoms with Gasteiger partial charge in [-0.25, -0.2) is 0 Å². The first kappa shape index (κ1) is 20.4. The van der Waals surface area contributed by atoms with Gasteiger partial charge in [-0.3, -0.25) is 9.59 Å². The zero-order valence-electron chi connectivity index (χ0n) is 15.8. The van der Waals surface area contributed by atoms with Gasteiger partial charge in [-0.1, -0.05) is 66.2 Å². The zero-order valence-corrected chi connectivity index (χ0v) is 16.5. The van der Waals surface area contributed by atoms with Crippen LogP contribution in [-0.2, 0) is 16.0 Å². The summed E-state index contributed by atoms with van der Waals surface area (Å²) in [6, 6.07) is 24.2. The van der Waals surface area contributed by atoms with Crippen LogP contribution in [0.5, 0.6) is 0 Å². The van der Waals surface area contributed by atoms with Gasteiger partial charge in [0.25, 0.3) is 0 Å². The lowest BCUT2D eigenvalue weighted by molar-refractivity contribution is -0.116. The summed E-state index contributed by atoms with van der Waals surface area (Å²) < 4.78 is 0. The molecule has 0 aliphatic heterocycles.